The van der Waals surface area contributed by atoms with Crippen LogP contribution >= 0.6 is 31.9 Å². The van der Waals surface area contributed by atoms with Crippen molar-refractivity contribution in [2.75, 3.05) is 0 Å². The number of benzene rings is 2. The normalized spacial score (nSPS) is 12.5. The van der Waals surface area contributed by atoms with Gasteiger partial charge in [-0.05, 0) is 41.8 Å². The lowest BCUT2D eigenvalue weighted by molar-refractivity contribution is 0.627. The molecule has 0 heterocycles. The SMILES string of the molecule is Cc1ccc(C(Br)c2ccc(F)cc2)c(Br)c1. The molecule has 0 aromatic heterocycles. The van der Waals surface area contributed by atoms with E-state index in [-0.39, 0.29) is 10.6 Å². The number of aryl methyl sites for hydroxylation is 1. The monoisotopic (exact) mass is 356 g/mol. The number of halogens is 3. The van der Waals surface area contributed by atoms with Gasteiger partial charge >= 0.3 is 0 Å². The third-order valence-corrected chi connectivity index (χ3v) is 4.30. The Bertz CT molecular complexity index is 520. The molecule has 0 fully saturated rings. The van der Waals surface area contributed by atoms with Crippen LogP contribution in [0.3, 0.4) is 0 Å². The molecule has 2 aromatic carbocycles. The molecule has 0 radical (unpaired) electrons. The molecule has 3 heteroatoms. The van der Waals surface area contributed by atoms with Crippen molar-refractivity contribution in [3.05, 3.63) is 69.4 Å². The molecule has 0 saturated heterocycles. The van der Waals surface area contributed by atoms with Crippen LogP contribution in [0.5, 0.6) is 0 Å². The molecule has 0 aliphatic heterocycles. The van der Waals surface area contributed by atoms with Crippen molar-refractivity contribution < 1.29 is 4.39 Å². The highest BCUT2D eigenvalue weighted by atomic mass is 79.9. The van der Waals surface area contributed by atoms with Crippen LogP contribution in [-0.2, 0) is 0 Å². The van der Waals surface area contributed by atoms with Crippen molar-refractivity contribution in [2.45, 2.75) is 11.8 Å². The molecular formula is C14H11Br2F. The fourth-order valence-corrected chi connectivity index (χ4v) is 3.38. The summed E-state index contributed by atoms with van der Waals surface area (Å²) in [6, 6.07) is 12.8. The van der Waals surface area contributed by atoms with Crippen molar-refractivity contribution in [3.63, 3.8) is 0 Å². The van der Waals surface area contributed by atoms with E-state index in [0.717, 1.165) is 15.6 Å². The fraction of sp³-hybridized carbons (Fsp3) is 0.143. The Labute approximate surface area is 117 Å². The summed E-state index contributed by atoms with van der Waals surface area (Å²) >= 11 is 7.20. The van der Waals surface area contributed by atoms with E-state index in [1.165, 1.54) is 17.7 Å². The summed E-state index contributed by atoms with van der Waals surface area (Å²) in [4.78, 5) is 0.0677. The molecular weight excluding hydrogens is 347 g/mol. The van der Waals surface area contributed by atoms with E-state index in [9.17, 15) is 4.39 Å². The van der Waals surface area contributed by atoms with Crippen molar-refractivity contribution in [1.82, 2.24) is 0 Å². The maximum Gasteiger partial charge on any atom is 0.123 e. The van der Waals surface area contributed by atoms with Gasteiger partial charge in [-0.3, -0.25) is 0 Å². The fourth-order valence-electron chi connectivity index (χ4n) is 1.65. The topological polar surface area (TPSA) is 0 Å². The molecule has 0 bridgehead atoms. The number of rotatable bonds is 2. The standard InChI is InChI=1S/C14H11Br2F/c1-9-2-7-12(13(15)8-9)14(16)10-3-5-11(17)6-4-10/h2-8,14H,1H3. The third kappa shape index (κ3) is 2.96. The van der Waals surface area contributed by atoms with Crippen LogP contribution in [0.4, 0.5) is 4.39 Å². The first-order valence-electron chi connectivity index (χ1n) is 5.23. The maximum atomic E-state index is 12.9. The first kappa shape index (κ1) is 12.8. The smallest absolute Gasteiger partial charge is 0.123 e. The van der Waals surface area contributed by atoms with Crippen LogP contribution < -0.4 is 0 Å². The highest BCUT2D eigenvalue weighted by molar-refractivity contribution is 9.11. The molecule has 0 aliphatic carbocycles. The first-order valence-corrected chi connectivity index (χ1v) is 6.94. The predicted molar refractivity (Wildman–Crippen MR) is 76.0 cm³/mol. The zero-order valence-electron chi connectivity index (χ0n) is 9.25. The van der Waals surface area contributed by atoms with E-state index in [2.05, 4.69) is 57.0 Å². The zero-order chi connectivity index (χ0) is 12.4. The van der Waals surface area contributed by atoms with Gasteiger partial charge in [0.2, 0.25) is 0 Å². The quantitative estimate of drug-likeness (QED) is 0.633. The summed E-state index contributed by atoms with van der Waals surface area (Å²) in [5, 5.41) is 0. The molecule has 0 amide bonds. The summed E-state index contributed by atoms with van der Waals surface area (Å²) in [5.74, 6) is -0.212. The van der Waals surface area contributed by atoms with Crippen LogP contribution in [-0.4, -0.2) is 0 Å². The Morgan fingerprint density at radius 1 is 1.06 bits per heavy atom. The Morgan fingerprint density at radius 2 is 1.71 bits per heavy atom. The van der Waals surface area contributed by atoms with E-state index in [4.69, 9.17) is 0 Å². The van der Waals surface area contributed by atoms with Crippen LogP contribution in [0.1, 0.15) is 21.5 Å². The molecule has 0 saturated carbocycles. The van der Waals surface area contributed by atoms with Gasteiger partial charge < -0.3 is 0 Å². The minimum absolute atomic E-state index is 0.0677. The van der Waals surface area contributed by atoms with Crippen LogP contribution in [0.2, 0.25) is 0 Å². The van der Waals surface area contributed by atoms with E-state index in [1.54, 1.807) is 12.1 Å². The molecule has 17 heavy (non-hydrogen) atoms. The lowest BCUT2D eigenvalue weighted by atomic mass is 10.0. The molecule has 88 valence electrons. The predicted octanol–water partition coefficient (Wildman–Crippen LogP) is 5.38. The van der Waals surface area contributed by atoms with Gasteiger partial charge in [-0.15, -0.1) is 0 Å². The van der Waals surface area contributed by atoms with Gasteiger partial charge in [0.25, 0.3) is 0 Å². The second-order valence-corrected chi connectivity index (χ2v) is 5.71. The summed E-state index contributed by atoms with van der Waals surface area (Å²) in [6.07, 6.45) is 0. The molecule has 2 rings (SSSR count). The number of hydrogen-bond acceptors (Lipinski definition) is 0. The molecule has 0 nitrogen and oxygen atoms in total. The summed E-state index contributed by atoms with van der Waals surface area (Å²) < 4.78 is 13.9. The number of alkyl halides is 1. The third-order valence-electron chi connectivity index (χ3n) is 2.59. The van der Waals surface area contributed by atoms with Crippen LogP contribution in [0, 0.1) is 12.7 Å². The van der Waals surface area contributed by atoms with Crippen molar-refractivity contribution in [3.8, 4) is 0 Å². The molecule has 0 spiro atoms. The number of hydrogen-bond donors (Lipinski definition) is 0. The highest BCUT2D eigenvalue weighted by Crippen LogP contribution is 2.35. The Hall–Kier alpha value is -0.670. The molecule has 0 aliphatic rings. The first-order chi connectivity index (χ1) is 8.08. The zero-order valence-corrected chi connectivity index (χ0v) is 12.4. The van der Waals surface area contributed by atoms with Gasteiger partial charge in [0, 0.05) is 4.47 Å². The van der Waals surface area contributed by atoms with Gasteiger partial charge in [-0.1, -0.05) is 56.1 Å². The second-order valence-electron chi connectivity index (χ2n) is 3.94. The molecule has 1 atom stereocenters. The van der Waals surface area contributed by atoms with Crippen molar-refractivity contribution >= 4 is 31.9 Å². The maximum absolute atomic E-state index is 12.9. The van der Waals surface area contributed by atoms with Gasteiger partial charge in [-0.2, -0.15) is 0 Å². The Balaban J connectivity index is 2.36. The van der Waals surface area contributed by atoms with Gasteiger partial charge in [0.05, 0.1) is 4.83 Å². The minimum Gasteiger partial charge on any atom is -0.207 e. The lowest BCUT2D eigenvalue weighted by Crippen LogP contribution is -1.94. The van der Waals surface area contributed by atoms with Gasteiger partial charge in [-0.25, -0.2) is 4.39 Å². The minimum atomic E-state index is -0.212. The van der Waals surface area contributed by atoms with E-state index in [1.807, 2.05) is 0 Å². The van der Waals surface area contributed by atoms with Crippen molar-refractivity contribution in [2.24, 2.45) is 0 Å². The highest BCUT2D eigenvalue weighted by Gasteiger charge is 2.13. The Morgan fingerprint density at radius 3 is 2.29 bits per heavy atom. The average molecular weight is 358 g/mol. The van der Waals surface area contributed by atoms with E-state index < -0.39 is 0 Å². The molecule has 0 N–H and O–H groups in total. The summed E-state index contributed by atoms with van der Waals surface area (Å²) in [6.45, 7) is 2.05. The van der Waals surface area contributed by atoms with Crippen LogP contribution in [0.25, 0.3) is 0 Å². The van der Waals surface area contributed by atoms with E-state index >= 15 is 0 Å². The van der Waals surface area contributed by atoms with Gasteiger partial charge in [0.1, 0.15) is 5.82 Å². The molecule has 1 unspecified atom stereocenters. The largest absolute Gasteiger partial charge is 0.207 e. The van der Waals surface area contributed by atoms with E-state index in [0.29, 0.717) is 0 Å². The second kappa shape index (κ2) is 5.32. The lowest BCUT2D eigenvalue weighted by Gasteiger charge is -2.13. The average Bonchev–Trinajstić information content (AvgIpc) is 2.29. The van der Waals surface area contributed by atoms with Crippen LogP contribution in [0.15, 0.2) is 46.9 Å². The van der Waals surface area contributed by atoms with Gasteiger partial charge in [0.15, 0.2) is 0 Å². The van der Waals surface area contributed by atoms with Crippen molar-refractivity contribution in [1.29, 1.82) is 0 Å². The summed E-state index contributed by atoms with van der Waals surface area (Å²) in [7, 11) is 0. The Kier molecular flexibility index (Phi) is 4.00. The summed E-state index contributed by atoms with van der Waals surface area (Å²) in [5.41, 5.74) is 3.39. The molecule has 2 aromatic rings.